The van der Waals surface area contributed by atoms with E-state index in [0.29, 0.717) is 12.5 Å². The van der Waals surface area contributed by atoms with Gasteiger partial charge in [-0.3, -0.25) is 9.69 Å². The number of carbonyl (C=O) groups excluding carboxylic acids is 1. The summed E-state index contributed by atoms with van der Waals surface area (Å²) < 4.78 is 13.7. The van der Waals surface area contributed by atoms with Crippen LogP contribution in [0.25, 0.3) is 10.1 Å². The minimum absolute atomic E-state index is 0.111. The predicted octanol–water partition coefficient (Wildman–Crippen LogP) is 5.13. The smallest absolute Gasteiger partial charge is 0.225 e. The lowest BCUT2D eigenvalue weighted by molar-refractivity contribution is -0.121. The average molecular weight is 573 g/mol. The zero-order valence-corrected chi connectivity index (χ0v) is 23.1. The zero-order valence-electron chi connectivity index (χ0n) is 20.7. The quantitative estimate of drug-likeness (QED) is 0.392. The average Bonchev–Trinajstić information content (AvgIpc) is 3.28. The highest BCUT2D eigenvalue weighted by Crippen LogP contribution is 2.30. The van der Waals surface area contributed by atoms with Crippen LogP contribution in [0.2, 0.25) is 0 Å². The summed E-state index contributed by atoms with van der Waals surface area (Å²) >= 11 is 5.39. The highest BCUT2D eigenvalue weighted by Gasteiger charge is 2.22. The Kier molecular flexibility index (Phi) is 8.47. The largest absolute Gasteiger partial charge is 0.497 e. The number of rotatable bonds is 8. The van der Waals surface area contributed by atoms with Crippen molar-refractivity contribution in [3.05, 3.63) is 57.4 Å². The number of nitrogens with one attached hydrogen (secondary N) is 2. The van der Waals surface area contributed by atoms with Crippen LogP contribution in [0.15, 0.2) is 46.9 Å². The molecule has 2 aromatic carbocycles. The number of ether oxygens (including phenoxy) is 2. The van der Waals surface area contributed by atoms with E-state index in [1.807, 2.05) is 12.1 Å². The number of amides is 1. The van der Waals surface area contributed by atoms with Gasteiger partial charge in [-0.2, -0.15) is 0 Å². The standard InChI is InChI=1S/C28H34BrN3O3S/c1-34-23-3-5-27-20(15-23)16-24(36-27)17-28(33)31-21-8-12-32(13-9-21)18-19-2-4-26(25(29)14-19)35-22-6-10-30-11-7-22/h2-5,14-16,21-22,30H,6-13,17-18H2,1H3,(H,31,33). The maximum atomic E-state index is 12.7. The Bertz CT molecular complexity index is 1190. The van der Waals surface area contributed by atoms with Gasteiger partial charge in [0.15, 0.2) is 0 Å². The van der Waals surface area contributed by atoms with E-state index in [1.54, 1.807) is 18.4 Å². The van der Waals surface area contributed by atoms with Crippen LogP contribution >= 0.6 is 27.3 Å². The molecule has 192 valence electrons. The molecule has 2 N–H and O–H groups in total. The zero-order chi connectivity index (χ0) is 24.9. The summed E-state index contributed by atoms with van der Waals surface area (Å²) in [6.45, 7) is 4.93. The number of hydrogen-bond acceptors (Lipinski definition) is 6. The van der Waals surface area contributed by atoms with Gasteiger partial charge in [0.2, 0.25) is 5.91 Å². The van der Waals surface area contributed by atoms with Crippen molar-refractivity contribution in [2.75, 3.05) is 33.3 Å². The lowest BCUT2D eigenvalue weighted by Gasteiger charge is -2.32. The minimum Gasteiger partial charge on any atom is -0.497 e. The maximum absolute atomic E-state index is 12.7. The van der Waals surface area contributed by atoms with Gasteiger partial charge in [0.05, 0.1) is 18.0 Å². The molecule has 3 aromatic rings. The normalized spacial score (nSPS) is 17.8. The van der Waals surface area contributed by atoms with E-state index in [9.17, 15) is 4.79 Å². The van der Waals surface area contributed by atoms with Gasteiger partial charge in [-0.25, -0.2) is 0 Å². The third kappa shape index (κ3) is 6.59. The van der Waals surface area contributed by atoms with E-state index in [-0.39, 0.29) is 11.9 Å². The Labute approximate surface area is 225 Å². The number of benzene rings is 2. The van der Waals surface area contributed by atoms with Crippen molar-refractivity contribution < 1.29 is 14.3 Å². The number of likely N-dealkylation sites (tertiary alicyclic amines) is 1. The van der Waals surface area contributed by atoms with Gasteiger partial charge < -0.3 is 20.1 Å². The summed E-state index contributed by atoms with van der Waals surface area (Å²) in [5.41, 5.74) is 1.28. The molecule has 0 spiro atoms. The van der Waals surface area contributed by atoms with Crippen molar-refractivity contribution in [2.24, 2.45) is 0 Å². The van der Waals surface area contributed by atoms with Crippen LogP contribution in [0.3, 0.4) is 0 Å². The monoisotopic (exact) mass is 571 g/mol. The molecule has 0 bridgehead atoms. The van der Waals surface area contributed by atoms with E-state index >= 15 is 0 Å². The molecule has 2 aliphatic rings. The highest BCUT2D eigenvalue weighted by atomic mass is 79.9. The number of halogens is 1. The molecule has 2 fully saturated rings. The van der Waals surface area contributed by atoms with Crippen molar-refractivity contribution in [3.8, 4) is 11.5 Å². The topological polar surface area (TPSA) is 62.8 Å². The number of hydrogen-bond donors (Lipinski definition) is 2. The first-order valence-electron chi connectivity index (χ1n) is 12.8. The summed E-state index contributed by atoms with van der Waals surface area (Å²) in [5.74, 6) is 1.89. The van der Waals surface area contributed by atoms with Crippen LogP contribution in [0.5, 0.6) is 11.5 Å². The predicted molar refractivity (Wildman–Crippen MR) is 149 cm³/mol. The lowest BCUT2D eigenvalue weighted by atomic mass is 10.0. The van der Waals surface area contributed by atoms with Crippen molar-refractivity contribution >= 4 is 43.3 Å². The molecule has 0 unspecified atom stereocenters. The van der Waals surface area contributed by atoms with Gasteiger partial charge in [0, 0.05) is 35.3 Å². The second-order valence-corrected chi connectivity index (χ2v) is 11.8. The highest BCUT2D eigenvalue weighted by molar-refractivity contribution is 9.10. The number of thiophene rings is 1. The van der Waals surface area contributed by atoms with Crippen LogP contribution in [0.4, 0.5) is 0 Å². The Morgan fingerprint density at radius 1 is 1.11 bits per heavy atom. The van der Waals surface area contributed by atoms with Gasteiger partial charge in [-0.05, 0) is 102 Å². The molecule has 6 nitrogen and oxygen atoms in total. The van der Waals surface area contributed by atoms with E-state index < -0.39 is 0 Å². The molecular formula is C28H34BrN3O3S. The molecule has 1 aromatic heterocycles. The fraction of sp³-hybridized carbons (Fsp3) is 0.464. The third-order valence-corrected chi connectivity index (χ3v) is 8.78. The molecule has 0 radical (unpaired) electrons. The van der Waals surface area contributed by atoms with Gasteiger partial charge in [0.1, 0.15) is 17.6 Å². The molecule has 0 aliphatic carbocycles. The van der Waals surface area contributed by atoms with E-state index in [0.717, 1.165) is 84.6 Å². The lowest BCUT2D eigenvalue weighted by Crippen LogP contribution is -2.44. The molecule has 3 heterocycles. The van der Waals surface area contributed by atoms with Crippen LogP contribution in [-0.4, -0.2) is 56.2 Å². The molecule has 8 heteroatoms. The van der Waals surface area contributed by atoms with Crippen molar-refractivity contribution in [1.82, 2.24) is 15.5 Å². The summed E-state index contributed by atoms with van der Waals surface area (Å²) in [4.78, 5) is 16.3. The van der Waals surface area contributed by atoms with Gasteiger partial charge in [0.25, 0.3) is 0 Å². The molecule has 36 heavy (non-hydrogen) atoms. The van der Waals surface area contributed by atoms with Crippen LogP contribution in [0, 0.1) is 0 Å². The first-order chi connectivity index (χ1) is 17.6. The molecule has 0 atom stereocenters. The number of carbonyl (C=O) groups is 1. The molecule has 2 aliphatic heterocycles. The SMILES string of the molecule is COc1ccc2sc(CC(=O)NC3CCN(Cc4ccc(OC5CCNCC5)c(Br)c4)CC3)cc2c1. The summed E-state index contributed by atoms with van der Waals surface area (Å²) in [7, 11) is 1.67. The molecule has 2 saturated heterocycles. The minimum atomic E-state index is 0.111. The summed E-state index contributed by atoms with van der Waals surface area (Å²) in [5, 5.41) is 7.77. The molecular weight excluding hydrogens is 538 g/mol. The van der Waals surface area contributed by atoms with Gasteiger partial charge in [-0.1, -0.05) is 6.07 Å². The first-order valence-corrected chi connectivity index (χ1v) is 14.4. The van der Waals surface area contributed by atoms with Gasteiger partial charge >= 0.3 is 0 Å². The fourth-order valence-electron chi connectivity index (χ4n) is 5.05. The Morgan fingerprint density at radius 2 is 1.92 bits per heavy atom. The van der Waals surface area contributed by atoms with Gasteiger partial charge in [-0.15, -0.1) is 11.3 Å². The number of piperidine rings is 2. The third-order valence-electron chi connectivity index (χ3n) is 7.04. The van der Waals surface area contributed by atoms with E-state index in [1.165, 1.54) is 10.3 Å². The second-order valence-electron chi connectivity index (χ2n) is 9.74. The first kappa shape index (κ1) is 25.5. The maximum Gasteiger partial charge on any atom is 0.225 e. The van der Waals surface area contributed by atoms with Crippen LogP contribution < -0.4 is 20.1 Å². The molecule has 1 amide bonds. The van der Waals surface area contributed by atoms with Crippen molar-refractivity contribution in [1.29, 1.82) is 0 Å². The number of nitrogens with zero attached hydrogens (tertiary/aromatic N) is 1. The van der Waals surface area contributed by atoms with Crippen LogP contribution in [0.1, 0.15) is 36.1 Å². The second kappa shape index (κ2) is 11.9. The molecule has 0 saturated carbocycles. The summed E-state index contributed by atoms with van der Waals surface area (Å²) in [6.07, 6.45) is 4.80. The van der Waals surface area contributed by atoms with E-state index in [2.05, 4.69) is 61.8 Å². The summed E-state index contributed by atoms with van der Waals surface area (Å²) in [6, 6.07) is 14.9. The Hall–Kier alpha value is -2.13. The van der Waals surface area contributed by atoms with E-state index in [4.69, 9.17) is 9.47 Å². The molecule has 5 rings (SSSR count). The Balaban J connectivity index is 1.07. The van der Waals surface area contributed by atoms with Crippen molar-refractivity contribution in [3.63, 3.8) is 0 Å². The number of methoxy groups -OCH3 is 1. The number of fused-ring (bicyclic) bond motifs is 1. The fourth-order valence-corrected chi connectivity index (χ4v) is 6.62. The van der Waals surface area contributed by atoms with Crippen LogP contribution in [-0.2, 0) is 17.8 Å². The Morgan fingerprint density at radius 3 is 2.67 bits per heavy atom. The van der Waals surface area contributed by atoms with Crippen molar-refractivity contribution in [2.45, 2.75) is 50.8 Å².